The van der Waals surface area contributed by atoms with Gasteiger partial charge in [0, 0.05) is 13.1 Å². The van der Waals surface area contributed by atoms with Gasteiger partial charge >= 0.3 is 5.97 Å². The van der Waals surface area contributed by atoms with Crippen LogP contribution in [0.1, 0.15) is 30.1 Å². The molecular weight excluding hydrogens is 246 g/mol. The molecule has 0 heterocycles. The normalized spacial score (nSPS) is 12.1. The smallest absolute Gasteiger partial charge is 0.335 e. The molecule has 0 aliphatic carbocycles. The van der Waals surface area contributed by atoms with Gasteiger partial charge in [-0.25, -0.2) is 4.79 Å². The molecule has 0 bridgehead atoms. The molecule has 5 heteroatoms. The zero-order valence-corrected chi connectivity index (χ0v) is 11.1. The van der Waals surface area contributed by atoms with Crippen LogP contribution in [0.4, 0.5) is 0 Å². The second kappa shape index (κ2) is 8.50. The zero-order valence-electron chi connectivity index (χ0n) is 11.1. The predicted molar refractivity (Wildman–Crippen MR) is 72.7 cm³/mol. The minimum Gasteiger partial charge on any atom is -0.492 e. The zero-order chi connectivity index (χ0) is 14.1. The Kier molecular flexibility index (Phi) is 6.92. The Morgan fingerprint density at radius 2 is 2.26 bits per heavy atom. The lowest BCUT2D eigenvalue weighted by atomic mass is 10.2. The fourth-order valence-electron chi connectivity index (χ4n) is 1.66. The van der Waals surface area contributed by atoms with Gasteiger partial charge in [-0.2, -0.15) is 0 Å². The quantitative estimate of drug-likeness (QED) is 0.591. The van der Waals surface area contributed by atoms with E-state index >= 15 is 0 Å². The van der Waals surface area contributed by atoms with Crippen LogP contribution in [-0.2, 0) is 0 Å². The summed E-state index contributed by atoms with van der Waals surface area (Å²) in [5.74, 6) is -0.429. The third-order valence-electron chi connectivity index (χ3n) is 2.63. The van der Waals surface area contributed by atoms with E-state index in [-0.39, 0.29) is 11.7 Å². The molecule has 1 atom stereocenters. The molecule has 0 spiro atoms. The van der Waals surface area contributed by atoms with E-state index in [4.69, 9.17) is 9.84 Å². The third kappa shape index (κ3) is 6.22. The molecule has 1 aromatic rings. The minimum absolute atomic E-state index is 0.212. The molecule has 0 amide bonds. The first-order chi connectivity index (χ1) is 9.13. The lowest BCUT2D eigenvalue weighted by Crippen LogP contribution is -2.30. The standard InChI is InChI=1S/C14H21NO4/c1-2-4-12(16)10-15-7-8-19-13-6-3-5-11(9-13)14(17)18/h3,5-6,9,12,15-16H,2,4,7-8,10H2,1H3,(H,17,18). The van der Waals surface area contributed by atoms with Gasteiger partial charge in [-0.15, -0.1) is 0 Å². The summed E-state index contributed by atoms with van der Waals surface area (Å²) in [7, 11) is 0. The van der Waals surface area contributed by atoms with E-state index in [1.54, 1.807) is 12.1 Å². The van der Waals surface area contributed by atoms with Crippen LogP contribution in [0.5, 0.6) is 5.75 Å². The molecule has 0 saturated carbocycles. The fraction of sp³-hybridized carbons (Fsp3) is 0.500. The third-order valence-corrected chi connectivity index (χ3v) is 2.63. The van der Waals surface area contributed by atoms with Crippen molar-refractivity contribution in [1.82, 2.24) is 5.32 Å². The molecule has 1 unspecified atom stereocenters. The van der Waals surface area contributed by atoms with Crippen molar-refractivity contribution >= 4 is 5.97 Å². The molecule has 106 valence electrons. The Bertz CT molecular complexity index is 395. The predicted octanol–water partition coefficient (Wildman–Crippen LogP) is 1.51. The number of aliphatic hydroxyl groups excluding tert-OH is 1. The summed E-state index contributed by atoms with van der Waals surface area (Å²) in [5, 5.41) is 21.4. The Hall–Kier alpha value is -1.59. The molecule has 1 rings (SSSR count). The number of hydrogen-bond donors (Lipinski definition) is 3. The highest BCUT2D eigenvalue weighted by molar-refractivity contribution is 5.87. The molecular formula is C14H21NO4. The number of carboxylic acid groups (broad SMARTS) is 1. The van der Waals surface area contributed by atoms with Crippen molar-refractivity contribution in [2.45, 2.75) is 25.9 Å². The number of carboxylic acids is 1. The van der Waals surface area contributed by atoms with Gasteiger partial charge in [0.1, 0.15) is 12.4 Å². The fourth-order valence-corrected chi connectivity index (χ4v) is 1.66. The van der Waals surface area contributed by atoms with Crippen LogP contribution in [0.15, 0.2) is 24.3 Å². The molecule has 19 heavy (non-hydrogen) atoms. The molecule has 0 aromatic heterocycles. The number of ether oxygens (including phenoxy) is 1. The van der Waals surface area contributed by atoms with E-state index in [0.717, 1.165) is 12.8 Å². The number of aliphatic hydroxyl groups is 1. The van der Waals surface area contributed by atoms with Crippen LogP contribution < -0.4 is 10.1 Å². The van der Waals surface area contributed by atoms with Crippen LogP contribution in [0.2, 0.25) is 0 Å². The Labute approximate surface area is 113 Å². The summed E-state index contributed by atoms with van der Waals surface area (Å²) >= 11 is 0. The van der Waals surface area contributed by atoms with Crippen molar-refractivity contribution in [1.29, 1.82) is 0 Å². The van der Waals surface area contributed by atoms with Crippen LogP contribution in [0, 0.1) is 0 Å². The van der Waals surface area contributed by atoms with Gasteiger partial charge in [-0.1, -0.05) is 19.4 Å². The summed E-state index contributed by atoms with van der Waals surface area (Å²) in [4.78, 5) is 10.8. The Morgan fingerprint density at radius 1 is 1.47 bits per heavy atom. The van der Waals surface area contributed by atoms with Gasteiger partial charge in [0.05, 0.1) is 11.7 Å². The largest absolute Gasteiger partial charge is 0.492 e. The van der Waals surface area contributed by atoms with Crippen molar-refractivity contribution in [2.24, 2.45) is 0 Å². The summed E-state index contributed by atoms with van der Waals surface area (Å²) in [6.07, 6.45) is 1.43. The minimum atomic E-state index is -0.966. The van der Waals surface area contributed by atoms with Crippen LogP contribution in [0.3, 0.4) is 0 Å². The molecule has 1 aromatic carbocycles. The van der Waals surface area contributed by atoms with Gasteiger partial charge < -0.3 is 20.3 Å². The van der Waals surface area contributed by atoms with Gasteiger partial charge in [0.15, 0.2) is 0 Å². The highest BCUT2D eigenvalue weighted by atomic mass is 16.5. The second-order valence-electron chi connectivity index (χ2n) is 4.33. The molecule has 3 N–H and O–H groups in total. The molecule has 0 radical (unpaired) electrons. The lowest BCUT2D eigenvalue weighted by Gasteiger charge is -2.11. The maximum Gasteiger partial charge on any atom is 0.335 e. The topological polar surface area (TPSA) is 78.8 Å². The van der Waals surface area contributed by atoms with Crippen molar-refractivity contribution in [2.75, 3.05) is 19.7 Å². The highest BCUT2D eigenvalue weighted by Crippen LogP contribution is 2.12. The first kappa shape index (κ1) is 15.5. The number of nitrogens with one attached hydrogen (secondary N) is 1. The first-order valence-electron chi connectivity index (χ1n) is 6.48. The maximum atomic E-state index is 10.8. The summed E-state index contributed by atoms with van der Waals surface area (Å²) in [6.45, 7) is 3.62. The van der Waals surface area contributed by atoms with E-state index in [1.165, 1.54) is 12.1 Å². The van der Waals surface area contributed by atoms with Crippen LogP contribution >= 0.6 is 0 Å². The number of hydrogen-bond acceptors (Lipinski definition) is 4. The van der Waals surface area contributed by atoms with Gasteiger partial charge in [0.25, 0.3) is 0 Å². The number of aromatic carboxylic acids is 1. The SMILES string of the molecule is CCCC(O)CNCCOc1cccc(C(=O)O)c1. The van der Waals surface area contributed by atoms with Crippen molar-refractivity contribution in [3.63, 3.8) is 0 Å². The second-order valence-corrected chi connectivity index (χ2v) is 4.33. The molecule has 0 aliphatic heterocycles. The number of rotatable bonds is 9. The van der Waals surface area contributed by atoms with Crippen molar-refractivity contribution < 1.29 is 19.7 Å². The molecule has 5 nitrogen and oxygen atoms in total. The first-order valence-corrected chi connectivity index (χ1v) is 6.48. The Morgan fingerprint density at radius 3 is 2.95 bits per heavy atom. The van der Waals surface area contributed by atoms with E-state index in [0.29, 0.717) is 25.4 Å². The van der Waals surface area contributed by atoms with E-state index in [2.05, 4.69) is 5.32 Å². The van der Waals surface area contributed by atoms with E-state index in [1.807, 2.05) is 6.92 Å². The van der Waals surface area contributed by atoms with E-state index < -0.39 is 5.97 Å². The van der Waals surface area contributed by atoms with Gasteiger partial charge in [-0.3, -0.25) is 0 Å². The summed E-state index contributed by atoms with van der Waals surface area (Å²) < 4.78 is 5.43. The van der Waals surface area contributed by atoms with Crippen LogP contribution in [0.25, 0.3) is 0 Å². The molecule has 0 aliphatic rings. The maximum absolute atomic E-state index is 10.8. The summed E-state index contributed by atoms with van der Waals surface area (Å²) in [6, 6.07) is 6.39. The Balaban J connectivity index is 2.22. The van der Waals surface area contributed by atoms with Crippen LogP contribution in [-0.4, -0.2) is 42.0 Å². The monoisotopic (exact) mass is 267 g/mol. The lowest BCUT2D eigenvalue weighted by molar-refractivity contribution is 0.0696. The molecule has 0 fully saturated rings. The number of carbonyl (C=O) groups is 1. The summed E-state index contributed by atoms with van der Waals surface area (Å²) in [5.41, 5.74) is 0.212. The van der Waals surface area contributed by atoms with Gasteiger partial charge in [-0.05, 0) is 24.6 Å². The molecule has 0 saturated heterocycles. The number of benzene rings is 1. The van der Waals surface area contributed by atoms with Gasteiger partial charge in [0.2, 0.25) is 0 Å². The average molecular weight is 267 g/mol. The van der Waals surface area contributed by atoms with E-state index in [9.17, 15) is 9.90 Å². The average Bonchev–Trinajstić information content (AvgIpc) is 2.39. The van der Waals surface area contributed by atoms with Crippen molar-refractivity contribution in [3.05, 3.63) is 29.8 Å². The highest BCUT2D eigenvalue weighted by Gasteiger charge is 2.04. The van der Waals surface area contributed by atoms with Crippen molar-refractivity contribution in [3.8, 4) is 5.75 Å².